The highest BCUT2D eigenvalue weighted by molar-refractivity contribution is 5.70. The zero-order valence-corrected chi connectivity index (χ0v) is 4.02. The lowest BCUT2D eigenvalue weighted by atomic mass is 11.0. The highest BCUT2D eigenvalue weighted by Crippen LogP contribution is 2.00. The largest absolute Gasteiger partial charge is 0.408 e. The fourth-order valence-corrected chi connectivity index (χ4v) is 0.133. The van der Waals surface area contributed by atoms with Crippen molar-refractivity contribution < 1.29 is 22.6 Å². The Morgan fingerprint density at radius 3 is 1.89 bits per heavy atom. The van der Waals surface area contributed by atoms with Gasteiger partial charge in [-0.2, -0.15) is 0 Å². The van der Waals surface area contributed by atoms with Gasteiger partial charge in [0.15, 0.2) is 6.80 Å². The number of halogens is 4. The van der Waals surface area contributed by atoms with Crippen molar-refractivity contribution >= 4 is 6.03 Å². The Balaban J connectivity index is 3.73. The van der Waals surface area contributed by atoms with Crippen LogP contribution < -0.4 is 0 Å². The summed E-state index contributed by atoms with van der Waals surface area (Å²) in [4.78, 5) is 9.56. The SMILES string of the molecule is O=C(N(F)F)N(F)CF. The normalized spacial score (nSPS) is 8.89. The van der Waals surface area contributed by atoms with Gasteiger partial charge in [-0.25, -0.2) is 9.18 Å². The summed E-state index contributed by atoms with van der Waals surface area (Å²) in [6.07, 6.45) is 0. The summed E-state index contributed by atoms with van der Waals surface area (Å²) in [6, 6.07) is -2.32. The first kappa shape index (κ1) is 7.99. The van der Waals surface area contributed by atoms with Gasteiger partial charge in [0.2, 0.25) is 0 Å². The van der Waals surface area contributed by atoms with Gasteiger partial charge in [0.05, 0.1) is 0 Å². The van der Waals surface area contributed by atoms with Crippen LogP contribution in [0.1, 0.15) is 0 Å². The van der Waals surface area contributed by atoms with Crippen LogP contribution >= 0.6 is 0 Å². The molecule has 0 aliphatic heterocycles. The molecule has 2 amide bonds. The van der Waals surface area contributed by atoms with Gasteiger partial charge in [-0.3, -0.25) is 0 Å². The lowest BCUT2D eigenvalue weighted by molar-refractivity contribution is -0.134. The van der Waals surface area contributed by atoms with E-state index in [1.807, 2.05) is 0 Å². The van der Waals surface area contributed by atoms with Crippen molar-refractivity contribution in [2.45, 2.75) is 0 Å². The van der Waals surface area contributed by atoms with Gasteiger partial charge in [0.25, 0.3) is 0 Å². The number of urea groups is 1. The monoisotopic (exact) mass is 146 g/mol. The summed E-state index contributed by atoms with van der Waals surface area (Å²) in [5, 5.41) is -3.32. The average molecular weight is 146 g/mol. The van der Waals surface area contributed by atoms with Crippen molar-refractivity contribution in [1.82, 2.24) is 10.5 Å². The first-order chi connectivity index (χ1) is 4.09. The molecule has 0 aliphatic carbocycles. The highest BCUT2D eigenvalue weighted by Gasteiger charge is 2.20. The summed E-state index contributed by atoms with van der Waals surface area (Å²) in [7, 11) is 0. The standard InChI is InChI=1S/C2H2F4N2O/c3-1-7(4)2(9)8(5)6/h1H2. The van der Waals surface area contributed by atoms with Crippen LogP contribution in [-0.2, 0) is 0 Å². The Labute approximate surface area is 47.3 Å². The molecule has 0 fully saturated rings. The van der Waals surface area contributed by atoms with E-state index < -0.39 is 23.3 Å². The minimum Gasteiger partial charge on any atom is -0.240 e. The first-order valence-electron chi connectivity index (χ1n) is 1.74. The van der Waals surface area contributed by atoms with Crippen molar-refractivity contribution in [2.75, 3.05) is 6.80 Å². The van der Waals surface area contributed by atoms with Crippen molar-refractivity contribution in [3.05, 3.63) is 0 Å². The second-order valence-electron chi connectivity index (χ2n) is 0.997. The molecule has 0 aliphatic rings. The van der Waals surface area contributed by atoms with E-state index in [9.17, 15) is 22.6 Å². The summed E-state index contributed by atoms with van der Waals surface area (Å²) in [6.45, 7) is -1.89. The van der Waals surface area contributed by atoms with Crippen LogP contribution in [0.2, 0.25) is 0 Å². The van der Waals surface area contributed by atoms with Crippen LogP contribution in [0.25, 0.3) is 0 Å². The maximum Gasteiger partial charge on any atom is 0.408 e. The van der Waals surface area contributed by atoms with Gasteiger partial charge in [-0.15, -0.1) is 5.12 Å². The molecular weight excluding hydrogens is 144 g/mol. The third kappa shape index (κ3) is 2.15. The molecular formula is C2H2F4N2O. The molecule has 0 radical (unpaired) electrons. The third-order valence-corrected chi connectivity index (χ3v) is 0.457. The van der Waals surface area contributed by atoms with Crippen LogP contribution in [0.15, 0.2) is 0 Å². The molecule has 0 unspecified atom stereocenters. The van der Waals surface area contributed by atoms with Crippen molar-refractivity contribution in [2.24, 2.45) is 0 Å². The molecule has 9 heavy (non-hydrogen) atoms. The summed E-state index contributed by atoms with van der Waals surface area (Å²) in [5.74, 6) is 0. The van der Waals surface area contributed by atoms with E-state index in [4.69, 9.17) is 0 Å². The summed E-state index contributed by atoms with van der Waals surface area (Å²) < 4.78 is 44.1. The van der Waals surface area contributed by atoms with E-state index in [0.717, 1.165) is 0 Å². The molecule has 0 heterocycles. The number of amides is 2. The number of carbonyl (C=O) groups excluding carboxylic acids is 1. The molecule has 54 valence electrons. The van der Waals surface area contributed by atoms with E-state index >= 15 is 0 Å². The van der Waals surface area contributed by atoms with E-state index in [-0.39, 0.29) is 0 Å². The highest BCUT2D eigenvalue weighted by atomic mass is 19.4. The average Bonchev–Trinajstić information content (AvgIpc) is 1.84. The van der Waals surface area contributed by atoms with Crippen LogP contribution in [0.3, 0.4) is 0 Å². The van der Waals surface area contributed by atoms with Crippen LogP contribution in [0.5, 0.6) is 0 Å². The number of nitrogens with zero attached hydrogens (tertiary/aromatic N) is 2. The molecule has 0 aromatic rings. The zero-order chi connectivity index (χ0) is 7.44. The lowest BCUT2D eigenvalue weighted by Crippen LogP contribution is -2.28. The number of rotatable bonds is 1. The van der Waals surface area contributed by atoms with Crippen molar-refractivity contribution in [3.63, 3.8) is 0 Å². The van der Waals surface area contributed by atoms with E-state index in [1.165, 1.54) is 0 Å². The van der Waals surface area contributed by atoms with Gasteiger partial charge in [-0.05, 0) is 0 Å². The molecule has 0 atom stereocenters. The van der Waals surface area contributed by atoms with E-state index in [2.05, 4.69) is 0 Å². The van der Waals surface area contributed by atoms with Crippen molar-refractivity contribution in [3.8, 4) is 0 Å². The van der Waals surface area contributed by atoms with Crippen molar-refractivity contribution in [1.29, 1.82) is 0 Å². The quantitative estimate of drug-likeness (QED) is 0.310. The molecule has 0 saturated heterocycles. The van der Waals surface area contributed by atoms with E-state index in [0.29, 0.717) is 0 Å². The van der Waals surface area contributed by atoms with Gasteiger partial charge in [0.1, 0.15) is 0 Å². The zero-order valence-electron chi connectivity index (χ0n) is 4.02. The molecule has 7 heteroatoms. The fraction of sp³-hybridized carbons (Fsp3) is 0.500. The van der Waals surface area contributed by atoms with E-state index in [1.54, 1.807) is 0 Å². The Hall–Kier alpha value is -1.01. The fourth-order valence-electron chi connectivity index (χ4n) is 0.133. The third-order valence-electron chi connectivity index (χ3n) is 0.457. The van der Waals surface area contributed by atoms with Gasteiger partial charge in [-0.1, -0.05) is 13.4 Å². The second kappa shape index (κ2) is 3.10. The molecule has 0 rings (SSSR count). The minimum atomic E-state index is -2.32. The molecule has 0 saturated carbocycles. The van der Waals surface area contributed by atoms with Gasteiger partial charge < -0.3 is 0 Å². The predicted molar refractivity (Wildman–Crippen MR) is 18.4 cm³/mol. The van der Waals surface area contributed by atoms with Crippen LogP contribution in [-0.4, -0.2) is 23.3 Å². The number of carbonyl (C=O) groups is 1. The van der Waals surface area contributed by atoms with Gasteiger partial charge >= 0.3 is 6.03 Å². The summed E-state index contributed by atoms with van der Waals surface area (Å²) >= 11 is 0. The maximum absolute atomic E-state index is 11.4. The number of hydrogen-bond acceptors (Lipinski definition) is 1. The topological polar surface area (TPSA) is 23.6 Å². The Morgan fingerprint density at radius 1 is 1.33 bits per heavy atom. The predicted octanol–water partition coefficient (Wildman–Crippen LogP) is 1.29. The molecule has 0 spiro atoms. The smallest absolute Gasteiger partial charge is 0.240 e. The summed E-state index contributed by atoms with van der Waals surface area (Å²) in [5.41, 5.74) is 0. The number of hydrogen-bond donors (Lipinski definition) is 0. The Kier molecular flexibility index (Phi) is 2.75. The molecule has 0 aromatic carbocycles. The molecule has 0 bridgehead atoms. The minimum absolute atomic E-state index is 1.26. The van der Waals surface area contributed by atoms with Gasteiger partial charge in [0, 0.05) is 5.34 Å². The lowest BCUT2D eigenvalue weighted by Gasteiger charge is -2.04. The molecule has 3 nitrogen and oxygen atoms in total. The Bertz CT molecular complexity index is 107. The van der Waals surface area contributed by atoms with Crippen LogP contribution in [0.4, 0.5) is 22.6 Å². The first-order valence-corrected chi connectivity index (χ1v) is 1.74. The van der Waals surface area contributed by atoms with Crippen LogP contribution in [0, 0.1) is 0 Å². The maximum atomic E-state index is 11.4. The Morgan fingerprint density at radius 2 is 1.78 bits per heavy atom. The molecule has 0 N–H and O–H groups in total. The number of alkyl halides is 1. The molecule has 0 aromatic heterocycles. The second-order valence-corrected chi connectivity index (χ2v) is 0.997.